The fourth-order valence-electron chi connectivity index (χ4n) is 2.32. The molecule has 1 saturated heterocycles. The first kappa shape index (κ1) is 16.0. The third kappa shape index (κ3) is 3.82. The minimum atomic E-state index is -0.500. The van der Waals surface area contributed by atoms with Crippen LogP contribution in [0.25, 0.3) is 0 Å². The highest BCUT2D eigenvalue weighted by Gasteiger charge is 2.26. The topological polar surface area (TPSA) is 76.8 Å². The number of carbonyl (C=O) groups is 1. The van der Waals surface area contributed by atoms with Crippen LogP contribution in [0.3, 0.4) is 0 Å². The van der Waals surface area contributed by atoms with Gasteiger partial charge in [0.05, 0.1) is 17.3 Å². The number of benzene rings is 1. The molecule has 1 aromatic carbocycles. The number of hydrogen-bond donors (Lipinski definition) is 1. The number of anilines is 1. The highest BCUT2D eigenvalue weighted by molar-refractivity contribution is 5.69. The third-order valence-corrected chi connectivity index (χ3v) is 3.38. The summed E-state index contributed by atoms with van der Waals surface area (Å²) >= 11 is 0. The number of hydrogen-bond acceptors (Lipinski definition) is 5. The molecule has 1 N–H and O–H groups in total. The largest absolute Gasteiger partial charge is 0.506 e. The molecule has 1 aromatic rings. The Hall–Kier alpha value is -2.42. The normalized spacial score (nSPS) is 15.4. The van der Waals surface area contributed by atoms with Gasteiger partial charge in [-0.1, -0.05) is 0 Å². The SMILES string of the molecule is CC(C)(C)OC(=O)N1CCN(c2ccc(C#N)cc2O)CC1. The number of amides is 1. The van der Waals surface area contributed by atoms with Gasteiger partial charge in [0.25, 0.3) is 0 Å². The van der Waals surface area contributed by atoms with Crippen molar-refractivity contribution in [3.05, 3.63) is 23.8 Å². The van der Waals surface area contributed by atoms with Gasteiger partial charge in [-0.2, -0.15) is 5.26 Å². The number of piperazine rings is 1. The van der Waals surface area contributed by atoms with Gasteiger partial charge in [-0.25, -0.2) is 4.79 Å². The van der Waals surface area contributed by atoms with Gasteiger partial charge in [-0.15, -0.1) is 0 Å². The quantitative estimate of drug-likeness (QED) is 0.861. The van der Waals surface area contributed by atoms with E-state index in [2.05, 4.69) is 0 Å². The predicted molar refractivity (Wildman–Crippen MR) is 82.8 cm³/mol. The van der Waals surface area contributed by atoms with Crippen LogP contribution in [0.2, 0.25) is 0 Å². The molecule has 118 valence electrons. The number of nitriles is 1. The lowest BCUT2D eigenvalue weighted by Crippen LogP contribution is -2.50. The summed E-state index contributed by atoms with van der Waals surface area (Å²) in [6, 6.07) is 6.86. The standard InChI is InChI=1S/C16H21N3O3/c1-16(2,3)22-15(21)19-8-6-18(7-9-19)13-5-4-12(11-17)10-14(13)20/h4-5,10,20H,6-9H2,1-3H3. The lowest BCUT2D eigenvalue weighted by Gasteiger charge is -2.36. The molecule has 0 aliphatic carbocycles. The zero-order valence-corrected chi connectivity index (χ0v) is 13.2. The molecule has 0 bridgehead atoms. The summed E-state index contributed by atoms with van der Waals surface area (Å²) < 4.78 is 5.36. The van der Waals surface area contributed by atoms with Crippen molar-refractivity contribution in [2.45, 2.75) is 26.4 Å². The van der Waals surface area contributed by atoms with E-state index in [1.165, 1.54) is 6.07 Å². The number of nitrogens with zero attached hydrogens (tertiary/aromatic N) is 3. The van der Waals surface area contributed by atoms with Gasteiger partial charge in [0.1, 0.15) is 11.4 Å². The van der Waals surface area contributed by atoms with Gasteiger partial charge in [0, 0.05) is 26.2 Å². The second-order valence-corrected chi connectivity index (χ2v) is 6.27. The van der Waals surface area contributed by atoms with E-state index in [1.54, 1.807) is 17.0 Å². The van der Waals surface area contributed by atoms with Crippen LogP contribution in [0, 0.1) is 11.3 Å². The highest BCUT2D eigenvalue weighted by atomic mass is 16.6. The zero-order valence-electron chi connectivity index (χ0n) is 13.2. The van der Waals surface area contributed by atoms with E-state index in [0.717, 1.165) is 0 Å². The lowest BCUT2D eigenvalue weighted by molar-refractivity contribution is 0.0240. The minimum absolute atomic E-state index is 0.0877. The van der Waals surface area contributed by atoms with Crippen LogP contribution < -0.4 is 4.90 Å². The van der Waals surface area contributed by atoms with Crippen molar-refractivity contribution in [3.63, 3.8) is 0 Å². The second kappa shape index (κ2) is 6.14. The fraction of sp³-hybridized carbons (Fsp3) is 0.500. The molecule has 0 saturated carbocycles. The highest BCUT2D eigenvalue weighted by Crippen LogP contribution is 2.29. The average Bonchev–Trinajstić information content (AvgIpc) is 2.45. The van der Waals surface area contributed by atoms with Crippen LogP contribution >= 0.6 is 0 Å². The van der Waals surface area contributed by atoms with Gasteiger partial charge in [0.15, 0.2) is 0 Å². The van der Waals surface area contributed by atoms with Gasteiger partial charge in [-0.3, -0.25) is 0 Å². The Morgan fingerprint density at radius 1 is 1.27 bits per heavy atom. The zero-order chi connectivity index (χ0) is 16.3. The summed E-state index contributed by atoms with van der Waals surface area (Å²) in [5.41, 5.74) is 0.607. The summed E-state index contributed by atoms with van der Waals surface area (Å²) in [6.45, 7) is 7.82. The first-order valence-corrected chi connectivity index (χ1v) is 7.26. The lowest BCUT2D eigenvalue weighted by atomic mass is 10.1. The maximum atomic E-state index is 12.0. The van der Waals surface area contributed by atoms with Crippen molar-refractivity contribution < 1.29 is 14.6 Å². The number of phenolic OH excluding ortho intramolecular Hbond substituents is 1. The first-order valence-electron chi connectivity index (χ1n) is 7.26. The molecule has 1 aliphatic heterocycles. The number of phenols is 1. The van der Waals surface area contributed by atoms with Gasteiger partial charge in [-0.05, 0) is 39.0 Å². The molecule has 1 fully saturated rings. The maximum absolute atomic E-state index is 12.0. The summed E-state index contributed by atoms with van der Waals surface area (Å²) in [5.74, 6) is 0.0877. The van der Waals surface area contributed by atoms with Crippen molar-refractivity contribution in [2.24, 2.45) is 0 Å². The molecule has 0 unspecified atom stereocenters. The summed E-state index contributed by atoms with van der Waals surface area (Å²) in [4.78, 5) is 15.7. The van der Waals surface area contributed by atoms with Gasteiger partial charge in [0.2, 0.25) is 0 Å². The van der Waals surface area contributed by atoms with Crippen LogP contribution in [-0.4, -0.2) is 47.9 Å². The third-order valence-electron chi connectivity index (χ3n) is 3.38. The Labute approximate surface area is 130 Å². The van der Waals surface area contributed by atoms with Crippen LogP contribution in [0.5, 0.6) is 5.75 Å². The molecular weight excluding hydrogens is 282 g/mol. The molecule has 0 aromatic heterocycles. The number of carbonyl (C=O) groups excluding carboxylic acids is 1. The summed E-state index contributed by atoms with van der Waals surface area (Å²) in [5, 5.41) is 18.8. The summed E-state index contributed by atoms with van der Waals surface area (Å²) in [6.07, 6.45) is -0.309. The maximum Gasteiger partial charge on any atom is 0.410 e. The smallest absolute Gasteiger partial charge is 0.410 e. The summed E-state index contributed by atoms with van der Waals surface area (Å²) in [7, 11) is 0. The van der Waals surface area contributed by atoms with Crippen LogP contribution in [-0.2, 0) is 4.74 Å². The fourth-order valence-corrected chi connectivity index (χ4v) is 2.32. The van der Waals surface area contributed by atoms with Gasteiger partial charge < -0.3 is 19.6 Å². The van der Waals surface area contributed by atoms with Crippen LogP contribution in [0.4, 0.5) is 10.5 Å². The van der Waals surface area contributed by atoms with Crippen molar-refractivity contribution in [2.75, 3.05) is 31.1 Å². The van der Waals surface area contributed by atoms with Crippen molar-refractivity contribution in [1.82, 2.24) is 4.90 Å². The molecule has 6 nitrogen and oxygen atoms in total. The Bertz CT molecular complexity index is 594. The molecule has 6 heteroatoms. The molecule has 0 spiro atoms. The molecule has 2 rings (SSSR count). The van der Waals surface area contributed by atoms with Gasteiger partial charge >= 0.3 is 6.09 Å². The molecular formula is C16H21N3O3. The molecule has 0 radical (unpaired) electrons. The Morgan fingerprint density at radius 2 is 1.91 bits per heavy atom. The van der Waals surface area contributed by atoms with Crippen LogP contribution in [0.1, 0.15) is 26.3 Å². The second-order valence-electron chi connectivity index (χ2n) is 6.27. The molecule has 22 heavy (non-hydrogen) atoms. The van der Waals surface area contributed by atoms with Crippen molar-refractivity contribution in [3.8, 4) is 11.8 Å². The van der Waals surface area contributed by atoms with E-state index in [4.69, 9.17) is 10.00 Å². The predicted octanol–water partition coefficient (Wildman–Crippen LogP) is 2.32. The molecule has 1 aliphatic rings. The average molecular weight is 303 g/mol. The molecule has 1 amide bonds. The number of ether oxygens (including phenoxy) is 1. The number of aromatic hydroxyl groups is 1. The van der Waals surface area contributed by atoms with E-state index in [9.17, 15) is 9.90 Å². The van der Waals surface area contributed by atoms with Crippen molar-refractivity contribution in [1.29, 1.82) is 5.26 Å². The van der Waals surface area contributed by atoms with Crippen LogP contribution in [0.15, 0.2) is 18.2 Å². The van der Waals surface area contributed by atoms with E-state index >= 15 is 0 Å². The Morgan fingerprint density at radius 3 is 2.41 bits per heavy atom. The van der Waals surface area contributed by atoms with Crippen molar-refractivity contribution >= 4 is 11.8 Å². The minimum Gasteiger partial charge on any atom is -0.506 e. The Balaban J connectivity index is 1.98. The van der Waals surface area contributed by atoms with E-state index in [1.807, 2.05) is 31.7 Å². The van der Waals surface area contributed by atoms with E-state index in [0.29, 0.717) is 37.4 Å². The monoisotopic (exact) mass is 303 g/mol. The molecule has 1 heterocycles. The first-order chi connectivity index (χ1) is 10.3. The number of rotatable bonds is 1. The van der Waals surface area contributed by atoms with E-state index in [-0.39, 0.29) is 11.8 Å². The van der Waals surface area contributed by atoms with E-state index < -0.39 is 5.60 Å². The Kier molecular flexibility index (Phi) is 4.45. The molecule has 0 atom stereocenters.